The Bertz CT molecular complexity index is 587. The molecule has 0 aliphatic carbocycles. The number of hydrogen-bond donors (Lipinski definition) is 1. The minimum Gasteiger partial charge on any atom is -0.310 e. The molecule has 4 nitrogen and oxygen atoms in total. The molecule has 0 spiro atoms. The van der Waals surface area contributed by atoms with E-state index < -0.39 is 4.92 Å². The lowest BCUT2D eigenvalue weighted by molar-refractivity contribution is -0.385. The van der Waals surface area contributed by atoms with Crippen LogP contribution in [0.1, 0.15) is 18.1 Å². The van der Waals surface area contributed by atoms with Crippen molar-refractivity contribution in [3.05, 3.63) is 61.3 Å². The van der Waals surface area contributed by atoms with E-state index in [9.17, 15) is 10.1 Å². The van der Waals surface area contributed by atoms with Gasteiger partial charge in [0.1, 0.15) is 0 Å². The second kappa shape index (κ2) is 6.83. The number of nitrogens with zero attached hydrogens (tertiary/aromatic N) is 1. The van der Waals surface area contributed by atoms with E-state index >= 15 is 0 Å². The minimum absolute atomic E-state index is 0.0627. The number of nitro groups is 1. The fourth-order valence-corrected chi connectivity index (χ4v) is 2.82. The Balaban J connectivity index is 1.98. The number of hydrogen-bond acceptors (Lipinski definition) is 4. The van der Waals surface area contributed by atoms with Crippen LogP contribution in [0.2, 0.25) is 5.02 Å². The molecule has 0 bridgehead atoms. The van der Waals surface area contributed by atoms with Crippen molar-refractivity contribution in [3.63, 3.8) is 0 Å². The fourth-order valence-electron chi connectivity index (χ4n) is 1.98. The van der Waals surface area contributed by atoms with E-state index in [4.69, 9.17) is 11.6 Å². The van der Waals surface area contributed by atoms with Crippen molar-refractivity contribution < 1.29 is 4.92 Å². The van der Waals surface area contributed by atoms with Gasteiger partial charge in [0.05, 0.1) is 4.92 Å². The smallest absolute Gasteiger partial charge is 0.275 e. The standard InChI is InChI=1S/C14H15ClN2O2S/c1-10(6-11-4-5-20-9-11)16-8-12-2-3-13(15)7-14(12)17(18)19/h2-5,7,9-10,16H,6,8H2,1H3. The average molecular weight is 311 g/mol. The highest BCUT2D eigenvalue weighted by molar-refractivity contribution is 7.07. The molecule has 6 heteroatoms. The Morgan fingerprint density at radius 3 is 2.90 bits per heavy atom. The summed E-state index contributed by atoms with van der Waals surface area (Å²) >= 11 is 7.47. The van der Waals surface area contributed by atoms with E-state index in [0.717, 1.165) is 6.42 Å². The highest BCUT2D eigenvalue weighted by atomic mass is 35.5. The number of nitro benzene ring substituents is 1. The molecule has 0 aliphatic rings. The van der Waals surface area contributed by atoms with Crippen molar-refractivity contribution in [3.8, 4) is 0 Å². The fraction of sp³-hybridized carbons (Fsp3) is 0.286. The largest absolute Gasteiger partial charge is 0.310 e. The van der Waals surface area contributed by atoms with Gasteiger partial charge in [-0.15, -0.1) is 0 Å². The normalized spacial score (nSPS) is 12.3. The summed E-state index contributed by atoms with van der Waals surface area (Å²) in [5.41, 5.74) is 1.99. The van der Waals surface area contributed by atoms with Crippen LogP contribution < -0.4 is 5.32 Å². The van der Waals surface area contributed by atoms with Crippen LogP contribution in [0.3, 0.4) is 0 Å². The van der Waals surface area contributed by atoms with Crippen LogP contribution in [0.15, 0.2) is 35.0 Å². The zero-order valence-corrected chi connectivity index (χ0v) is 12.6. The van der Waals surface area contributed by atoms with Crippen LogP contribution >= 0.6 is 22.9 Å². The van der Waals surface area contributed by atoms with Crippen molar-refractivity contribution in [2.45, 2.75) is 25.9 Å². The maximum Gasteiger partial charge on any atom is 0.275 e. The van der Waals surface area contributed by atoms with E-state index in [1.807, 2.05) is 5.38 Å². The summed E-state index contributed by atoms with van der Waals surface area (Å²) in [6, 6.07) is 7.11. The first-order valence-electron chi connectivity index (χ1n) is 6.23. The molecule has 0 saturated heterocycles. The first-order chi connectivity index (χ1) is 9.56. The molecule has 0 amide bonds. The van der Waals surface area contributed by atoms with Gasteiger partial charge in [0, 0.05) is 29.2 Å². The number of benzene rings is 1. The predicted molar refractivity (Wildman–Crippen MR) is 82.4 cm³/mol. The van der Waals surface area contributed by atoms with Gasteiger partial charge in [0.15, 0.2) is 0 Å². The summed E-state index contributed by atoms with van der Waals surface area (Å²) < 4.78 is 0. The molecule has 0 saturated carbocycles. The van der Waals surface area contributed by atoms with Crippen molar-refractivity contribution in [1.82, 2.24) is 5.32 Å². The third-order valence-electron chi connectivity index (χ3n) is 3.01. The number of rotatable bonds is 6. The first-order valence-corrected chi connectivity index (χ1v) is 7.55. The molecule has 1 heterocycles. The van der Waals surface area contributed by atoms with E-state index in [1.54, 1.807) is 23.5 Å². The van der Waals surface area contributed by atoms with E-state index in [0.29, 0.717) is 17.1 Å². The van der Waals surface area contributed by atoms with Crippen LogP contribution in [0.4, 0.5) is 5.69 Å². The lowest BCUT2D eigenvalue weighted by Crippen LogP contribution is -2.27. The molecule has 2 rings (SSSR count). The maximum atomic E-state index is 11.0. The summed E-state index contributed by atoms with van der Waals surface area (Å²) in [6.45, 7) is 2.53. The molecule has 0 aliphatic heterocycles. The molecule has 1 aromatic heterocycles. The summed E-state index contributed by atoms with van der Waals surface area (Å²) in [5.74, 6) is 0. The van der Waals surface area contributed by atoms with Crippen LogP contribution in [0, 0.1) is 10.1 Å². The molecule has 2 aromatic rings. The molecule has 1 atom stereocenters. The molecule has 106 valence electrons. The Morgan fingerprint density at radius 1 is 1.45 bits per heavy atom. The number of thiophene rings is 1. The summed E-state index contributed by atoms with van der Waals surface area (Å²) in [6.07, 6.45) is 0.908. The monoisotopic (exact) mass is 310 g/mol. The van der Waals surface area contributed by atoms with Gasteiger partial charge in [0.2, 0.25) is 0 Å². The number of halogens is 1. The maximum absolute atomic E-state index is 11.0. The third kappa shape index (κ3) is 4.03. The molecule has 20 heavy (non-hydrogen) atoms. The molecule has 1 N–H and O–H groups in total. The quantitative estimate of drug-likeness (QED) is 0.647. The van der Waals surface area contributed by atoms with Crippen LogP contribution in [0.25, 0.3) is 0 Å². The second-order valence-corrected chi connectivity index (χ2v) is 5.86. The predicted octanol–water partition coefficient (Wildman–Crippen LogP) is 4.03. The van der Waals surface area contributed by atoms with Gasteiger partial charge in [-0.05, 0) is 47.9 Å². The van der Waals surface area contributed by atoms with Crippen LogP contribution in [-0.4, -0.2) is 11.0 Å². The van der Waals surface area contributed by atoms with Crippen LogP contribution in [0.5, 0.6) is 0 Å². The Labute approximate surface area is 126 Å². The molecule has 1 unspecified atom stereocenters. The van der Waals surface area contributed by atoms with Crippen LogP contribution in [-0.2, 0) is 13.0 Å². The van der Waals surface area contributed by atoms with E-state index in [-0.39, 0.29) is 11.7 Å². The second-order valence-electron chi connectivity index (χ2n) is 4.65. The zero-order valence-electron chi connectivity index (χ0n) is 11.0. The lowest BCUT2D eigenvalue weighted by Gasteiger charge is -2.13. The zero-order chi connectivity index (χ0) is 14.5. The highest BCUT2D eigenvalue weighted by Gasteiger charge is 2.14. The molecular formula is C14H15ClN2O2S. The molecular weight excluding hydrogens is 296 g/mol. The average Bonchev–Trinajstić information content (AvgIpc) is 2.90. The summed E-state index contributed by atoms with van der Waals surface area (Å²) in [4.78, 5) is 10.6. The lowest BCUT2D eigenvalue weighted by atomic mass is 10.1. The van der Waals surface area contributed by atoms with Gasteiger partial charge in [0.25, 0.3) is 5.69 Å². The Kier molecular flexibility index (Phi) is 5.11. The van der Waals surface area contributed by atoms with Crippen molar-refractivity contribution >= 4 is 28.6 Å². The molecule has 1 aromatic carbocycles. The van der Waals surface area contributed by atoms with Crippen molar-refractivity contribution in [1.29, 1.82) is 0 Å². The van der Waals surface area contributed by atoms with Gasteiger partial charge >= 0.3 is 0 Å². The molecule has 0 radical (unpaired) electrons. The van der Waals surface area contributed by atoms with Gasteiger partial charge < -0.3 is 5.32 Å². The minimum atomic E-state index is -0.396. The topological polar surface area (TPSA) is 55.2 Å². The van der Waals surface area contributed by atoms with Crippen molar-refractivity contribution in [2.75, 3.05) is 0 Å². The number of nitrogens with one attached hydrogen (secondary N) is 1. The van der Waals surface area contributed by atoms with Gasteiger partial charge in [-0.2, -0.15) is 11.3 Å². The van der Waals surface area contributed by atoms with Gasteiger partial charge in [-0.3, -0.25) is 10.1 Å². The van der Waals surface area contributed by atoms with E-state index in [2.05, 4.69) is 23.7 Å². The summed E-state index contributed by atoms with van der Waals surface area (Å²) in [5, 5.41) is 18.8. The Morgan fingerprint density at radius 2 is 2.25 bits per heavy atom. The van der Waals surface area contributed by atoms with Gasteiger partial charge in [-0.25, -0.2) is 0 Å². The van der Waals surface area contributed by atoms with E-state index in [1.165, 1.54) is 11.6 Å². The molecule has 0 fully saturated rings. The summed E-state index contributed by atoms with van der Waals surface area (Å²) in [7, 11) is 0. The first kappa shape index (κ1) is 15.0. The Hall–Kier alpha value is -1.43. The SMILES string of the molecule is CC(Cc1ccsc1)NCc1ccc(Cl)cc1[N+](=O)[O-]. The highest BCUT2D eigenvalue weighted by Crippen LogP contribution is 2.23. The van der Waals surface area contributed by atoms with Gasteiger partial charge in [-0.1, -0.05) is 11.6 Å². The third-order valence-corrected chi connectivity index (χ3v) is 3.97. The van der Waals surface area contributed by atoms with Crippen molar-refractivity contribution in [2.24, 2.45) is 0 Å².